The van der Waals surface area contributed by atoms with Gasteiger partial charge in [0.1, 0.15) is 5.82 Å². The van der Waals surface area contributed by atoms with Crippen LogP contribution < -0.4 is 11.3 Å². The molecular weight excluding hydrogens is 289 g/mol. The smallest absolute Gasteiger partial charge is 0.129 e. The first-order valence-electron chi connectivity index (χ1n) is 7.66. The van der Waals surface area contributed by atoms with Gasteiger partial charge < -0.3 is 0 Å². The summed E-state index contributed by atoms with van der Waals surface area (Å²) >= 11 is 5.86. The molecule has 0 heterocycles. The van der Waals surface area contributed by atoms with E-state index < -0.39 is 0 Å². The van der Waals surface area contributed by atoms with Crippen LogP contribution in [-0.2, 0) is 0 Å². The van der Waals surface area contributed by atoms with Crippen molar-refractivity contribution >= 4 is 11.6 Å². The minimum Gasteiger partial charge on any atom is -0.296 e. The number of benzene rings is 1. The first kappa shape index (κ1) is 18.4. The molecule has 0 bridgehead atoms. The number of hydrazine groups is 1. The van der Waals surface area contributed by atoms with Gasteiger partial charge in [-0.2, -0.15) is 0 Å². The third-order valence-electron chi connectivity index (χ3n) is 4.60. The summed E-state index contributed by atoms with van der Waals surface area (Å²) < 4.78 is 14.4. The highest BCUT2D eigenvalue weighted by Crippen LogP contribution is 2.38. The van der Waals surface area contributed by atoms with Gasteiger partial charge in [-0.05, 0) is 38.1 Å². The van der Waals surface area contributed by atoms with Crippen molar-refractivity contribution in [3.8, 4) is 0 Å². The molecule has 0 saturated carbocycles. The average Bonchev–Trinajstić information content (AvgIpc) is 2.49. The fourth-order valence-electron chi connectivity index (χ4n) is 3.41. The van der Waals surface area contributed by atoms with Gasteiger partial charge in [-0.1, -0.05) is 45.4 Å². The lowest BCUT2D eigenvalue weighted by Crippen LogP contribution is -2.57. The lowest BCUT2D eigenvalue weighted by Gasteiger charge is -2.48. The van der Waals surface area contributed by atoms with Crippen LogP contribution in [0.3, 0.4) is 0 Å². The van der Waals surface area contributed by atoms with Crippen molar-refractivity contribution < 1.29 is 4.39 Å². The molecule has 0 spiro atoms. The van der Waals surface area contributed by atoms with E-state index in [1.54, 1.807) is 12.1 Å². The zero-order chi connectivity index (χ0) is 16.0. The van der Waals surface area contributed by atoms with E-state index in [0.29, 0.717) is 10.6 Å². The molecule has 0 aliphatic rings. The molecule has 0 radical (unpaired) electrons. The molecule has 0 aliphatic heterocycles. The second-order valence-corrected chi connectivity index (χ2v) is 5.68. The Morgan fingerprint density at radius 3 is 2.19 bits per heavy atom. The van der Waals surface area contributed by atoms with Gasteiger partial charge in [-0.3, -0.25) is 16.2 Å². The monoisotopic (exact) mass is 315 g/mol. The second kappa shape index (κ2) is 8.08. The van der Waals surface area contributed by atoms with Crippen molar-refractivity contribution in [2.24, 2.45) is 5.84 Å². The molecule has 21 heavy (non-hydrogen) atoms. The number of nitrogens with zero attached hydrogens (tertiary/aromatic N) is 1. The molecule has 120 valence electrons. The van der Waals surface area contributed by atoms with E-state index in [-0.39, 0.29) is 17.4 Å². The standard InChI is InChI=1S/C16H27ClFN3/c1-5-16(6-2,21(7-3)8-4)15(20-19)13-10-9-12(17)11-14(13)18/h9-11,15,20H,5-8,19H2,1-4H3. The Balaban J connectivity index is 3.37. The topological polar surface area (TPSA) is 41.3 Å². The molecule has 3 nitrogen and oxygen atoms in total. The van der Waals surface area contributed by atoms with E-state index in [1.807, 2.05) is 0 Å². The molecule has 0 saturated heterocycles. The van der Waals surface area contributed by atoms with Crippen LogP contribution >= 0.6 is 11.6 Å². The zero-order valence-corrected chi connectivity index (χ0v) is 14.2. The van der Waals surface area contributed by atoms with Crippen LogP contribution in [0.15, 0.2) is 18.2 Å². The maximum absolute atomic E-state index is 14.4. The zero-order valence-electron chi connectivity index (χ0n) is 13.4. The number of halogens is 2. The van der Waals surface area contributed by atoms with Crippen molar-refractivity contribution in [2.45, 2.75) is 52.1 Å². The molecular formula is C16H27ClFN3. The van der Waals surface area contributed by atoms with Gasteiger partial charge in [0.15, 0.2) is 0 Å². The van der Waals surface area contributed by atoms with Gasteiger partial charge >= 0.3 is 0 Å². The highest BCUT2D eigenvalue weighted by atomic mass is 35.5. The molecule has 5 heteroatoms. The maximum Gasteiger partial charge on any atom is 0.129 e. The largest absolute Gasteiger partial charge is 0.296 e. The van der Waals surface area contributed by atoms with E-state index in [4.69, 9.17) is 17.4 Å². The Bertz CT molecular complexity index is 445. The van der Waals surface area contributed by atoms with E-state index in [9.17, 15) is 4.39 Å². The molecule has 3 N–H and O–H groups in total. The summed E-state index contributed by atoms with van der Waals surface area (Å²) in [5.74, 6) is 5.50. The fourth-order valence-corrected chi connectivity index (χ4v) is 3.57. The van der Waals surface area contributed by atoms with Crippen LogP contribution in [-0.4, -0.2) is 23.5 Å². The van der Waals surface area contributed by atoms with Gasteiger partial charge in [0, 0.05) is 16.1 Å². The number of rotatable bonds is 8. The van der Waals surface area contributed by atoms with Gasteiger partial charge in [0.05, 0.1) is 6.04 Å². The first-order valence-corrected chi connectivity index (χ1v) is 8.04. The number of hydrogen-bond donors (Lipinski definition) is 2. The summed E-state index contributed by atoms with van der Waals surface area (Å²) in [5.41, 5.74) is 3.18. The molecule has 0 fully saturated rings. The number of likely N-dealkylation sites (N-methyl/N-ethyl adjacent to an activating group) is 1. The predicted octanol–water partition coefficient (Wildman–Crippen LogP) is 3.88. The molecule has 1 aromatic carbocycles. The minimum absolute atomic E-state index is 0.229. The highest BCUT2D eigenvalue weighted by Gasteiger charge is 2.41. The van der Waals surface area contributed by atoms with Crippen LogP contribution in [0.2, 0.25) is 5.02 Å². The van der Waals surface area contributed by atoms with Crippen LogP contribution in [0.4, 0.5) is 4.39 Å². The van der Waals surface area contributed by atoms with Gasteiger partial charge in [0.25, 0.3) is 0 Å². The molecule has 0 aliphatic carbocycles. The molecule has 0 aromatic heterocycles. The van der Waals surface area contributed by atoms with Gasteiger partial charge in [0.2, 0.25) is 0 Å². The third kappa shape index (κ3) is 3.57. The van der Waals surface area contributed by atoms with E-state index in [2.05, 4.69) is 38.0 Å². The van der Waals surface area contributed by atoms with E-state index in [0.717, 1.165) is 25.9 Å². The van der Waals surface area contributed by atoms with Crippen molar-refractivity contribution in [1.29, 1.82) is 0 Å². The Hall–Kier alpha value is -0.680. The summed E-state index contributed by atoms with van der Waals surface area (Å²) in [6, 6.07) is 4.50. The van der Waals surface area contributed by atoms with Crippen molar-refractivity contribution in [2.75, 3.05) is 13.1 Å². The van der Waals surface area contributed by atoms with E-state index >= 15 is 0 Å². The van der Waals surface area contributed by atoms with Crippen LogP contribution in [0, 0.1) is 5.82 Å². The molecule has 1 aromatic rings. The van der Waals surface area contributed by atoms with Crippen LogP contribution in [0.1, 0.15) is 52.1 Å². The second-order valence-electron chi connectivity index (χ2n) is 5.25. The van der Waals surface area contributed by atoms with Crippen LogP contribution in [0.25, 0.3) is 0 Å². The lowest BCUT2D eigenvalue weighted by atomic mass is 9.79. The Labute approximate surface area is 132 Å². The first-order chi connectivity index (χ1) is 10.00. The Morgan fingerprint density at radius 1 is 1.24 bits per heavy atom. The summed E-state index contributed by atoms with van der Waals surface area (Å²) in [5, 5.41) is 0.397. The summed E-state index contributed by atoms with van der Waals surface area (Å²) in [6.07, 6.45) is 1.75. The summed E-state index contributed by atoms with van der Waals surface area (Å²) in [6.45, 7) is 10.3. The molecule has 1 unspecified atom stereocenters. The third-order valence-corrected chi connectivity index (χ3v) is 4.83. The SMILES string of the molecule is CCN(CC)C(CC)(CC)C(NN)c1ccc(Cl)cc1F. The normalized spacial score (nSPS) is 13.7. The van der Waals surface area contributed by atoms with Gasteiger partial charge in [-0.15, -0.1) is 0 Å². The minimum atomic E-state index is -0.316. The maximum atomic E-state index is 14.4. The molecule has 1 rings (SSSR count). The highest BCUT2D eigenvalue weighted by molar-refractivity contribution is 6.30. The summed E-state index contributed by atoms with van der Waals surface area (Å²) in [7, 11) is 0. The quantitative estimate of drug-likeness (QED) is 0.565. The van der Waals surface area contributed by atoms with Gasteiger partial charge in [-0.25, -0.2) is 4.39 Å². The van der Waals surface area contributed by atoms with Crippen molar-refractivity contribution in [1.82, 2.24) is 10.3 Å². The Morgan fingerprint density at radius 2 is 1.81 bits per heavy atom. The lowest BCUT2D eigenvalue weighted by molar-refractivity contribution is 0.0474. The Kier molecular flexibility index (Phi) is 7.07. The van der Waals surface area contributed by atoms with E-state index in [1.165, 1.54) is 6.07 Å². The summed E-state index contributed by atoms with van der Waals surface area (Å²) in [4.78, 5) is 2.35. The number of hydrogen-bond acceptors (Lipinski definition) is 3. The number of nitrogens with two attached hydrogens (primary N) is 1. The molecule has 1 atom stereocenters. The number of nitrogens with one attached hydrogen (secondary N) is 1. The van der Waals surface area contributed by atoms with Crippen LogP contribution in [0.5, 0.6) is 0 Å². The fraction of sp³-hybridized carbons (Fsp3) is 0.625. The molecule has 0 amide bonds. The predicted molar refractivity (Wildman–Crippen MR) is 87.7 cm³/mol. The van der Waals surface area contributed by atoms with Crippen molar-refractivity contribution in [3.05, 3.63) is 34.6 Å². The average molecular weight is 316 g/mol. The van der Waals surface area contributed by atoms with Crippen molar-refractivity contribution in [3.63, 3.8) is 0 Å².